The lowest BCUT2D eigenvalue weighted by Crippen LogP contribution is -2.52. The van der Waals surface area contributed by atoms with Crippen LogP contribution in [-0.2, 0) is 26.2 Å². The van der Waals surface area contributed by atoms with E-state index in [4.69, 9.17) is 11.6 Å². The Hall–Kier alpha value is -2.58. The predicted molar refractivity (Wildman–Crippen MR) is 137 cm³/mol. The standard InChI is InChI=1S/C25H34ClN3O4S/c1-6-14-27-25(31)22(7-2)28(16-20-10-8-9-11-21(20)26)24(30)17-29(34(5,32)33)23-13-12-18(3)15-19(23)4/h8-13,15,22H,6-7,14,16-17H2,1-5H3,(H,27,31)/t22-/m1/s1. The zero-order chi connectivity index (χ0) is 25.5. The Balaban J connectivity index is 2.47. The number of aryl methyl sites for hydroxylation is 2. The highest BCUT2D eigenvalue weighted by molar-refractivity contribution is 7.92. The van der Waals surface area contributed by atoms with Crippen LogP contribution in [0.1, 0.15) is 43.4 Å². The van der Waals surface area contributed by atoms with Crippen LogP contribution in [0.25, 0.3) is 0 Å². The lowest BCUT2D eigenvalue weighted by Gasteiger charge is -2.33. The number of carbonyl (C=O) groups excluding carboxylic acids is 2. The van der Waals surface area contributed by atoms with Gasteiger partial charge in [-0.2, -0.15) is 0 Å². The maximum absolute atomic E-state index is 13.6. The number of rotatable bonds is 11. The van der Waals surface area contributed by atoms with E-state index in [0.717, 1.165) is 28.1 Å². The average molecular weight is 508 g/mol. The van der Waals surface area contributed by atoms with Crippen LogP contribution in [0.2, 0.25) is 5.02 Å². The molecule has 2 aromatic carbocycles. The summed E-state index contributed by atoms with van der Waals surface area (Å²) < 4.78 is 26.5. The fraction of sp³-hybridized carbons (Fsp3) is 0.440. The fourth-order valence-electron chi connectivity index (χ4n) is 3.78. The molecule has 0 saturated carbocycles. The smallest absolute Gasteiger partial charge is 0.244 e. The summed E-state index contributed by atoms with van der Waals surface area (Å²) in [5.41, 5.74) is 2.84. The van der Waals surface area contributed by atoms with Gasteiger partial charge in [0.2, 0.25) is 21.8 Å². The van der Waals surface area contributed by atoms with E-state index in [9.17, 15) is 18.0 Å². The molecule has 1 atom stereocenters. The second-order valence-electron chi connectivity index (χ2n) is 8.39. The van der Waals surface area contributed by atoms with E-state index < -0.39 is 28.5 Å². The third kappa shape index (κ3) is 7.21. The van der Waals surface area contributed by atoms with Crippen molar-refractivity contribution in [3.05, 3.63) is 64.2 Å². The van der Waals surface area contributed by atoms with Gasteiger partial charge in [0.1, 0.15) is 12.6 Å². The first-order valence-electron chi connectivity index (χ1n) is 11.3. The van der Waals surface area contributed by atoms with E-state index in [1.54, 1.807) is 43.3 Å². The van der Waals surface area contributed by atoms with Crippen molar-refractivity contribution >= 4 is 39.1 Å². The number of hydrogen-bond acceptors (Lipinski definition) is 4. The maximum Gasteiger partial charge on any atom is 0.244 e. The molecule has 2 aromatic rings. The van der Waals surface area contributed by atoms with Crippen LogP contribution >= 0.6 is 11.6 Å². The number of nitrogens with zero attached hydrogens (tertiary/aromatic N) is 2. The molecule has 0 aliphatic carbocycles. The molecule has 0 heterocycles. The van der Waals surface area contributed by atoms with Crippen molar-refractivity contribution in [3.63, 3.8) is 0 Å². The molecule has 7 nitrogen and oxygen atoms in total. The molecule has 9 heteroatoms. The summed E-state index contributed by atoms with van der Waals surface area (Å²) >= 11 is 6.35. The van der Waals surface area contributed by atoms with Crippen molar-refractivity contribution in [1.82, 2.24) is 10.2 Å². The highest BCUT2D eigenvalue weighted by atomic mass is 35.5. The van der Waals surface area contributed by atoms with Crippen molar-refractivity contribution in [2.45, 2.75) is 53.1 Å². The first-order valence-corrected chi connectivity index (χ1v) is 13.6. The van der Waals surface area contributed by atoms with Gasteiger partial charge in [-0.05, 0) is 49.9 Å². The molecule has 0 unspecified atom stereocenters. The van der Waals surface area contributed by atoms with Gasteiger partial charge < -0.3 is 10.2 Å². The molecule has 2 rings (SSSR count). The summed E-state index contributed by atoms with van der Waals surface area (Å²) in [5.74, 6) is -0.758. The van der Waals surface area contributed by atoms with E-state index in [-0.39, 0.29) is 12.5 Å². The summed E-state index contributed by atoms with van der Waals surface area (Å²) in [5, 5.41) is 3.32. The van der Waals surface area contributed by atoms with Crippen LogP contribution < -0.4 is 9.62 Å². The lowest BCUT2D eigenvalue weighted by molar-refractivity contribution is -0.140. The van der Waals surface area contributed by atoms with Gasteiger partial charge in [-0.25, -0.2) is 8.42 Å². The second-order valence-corrected chi connectivity index (χ2v) is 10.7. The summed E-state index contributed by atoms with van der Waals surface area (Å²) in [4.78, 5) is 28.0. The molecule has 0 saturated heterocycles. The van der Waals surface area contributed by atoms with Crippen LogP contribution in [0, 0.1) is 13.8 Å². The van der Waals surface area contributed by atoms with Crippen molar-refractivity contribution in [1.29, 1.82) is 0 Å². The molecule has 34 heavy (non-hydrogen) atoms. The number of anilines is 1. The van der Waals surface area contributed by atoms with Gasteiger partial charge in [0.25, 0.3) is 0 Å². The molecule has 0 aliphatic rings. The van der Waals surface area contributed by atoms with Gasteiger partial charge in [0, 0.05) is 18.1 Å². The number of sulfonamides is 1. The van der Waals surface area contributed by atoms with Gasteiger partial charge in [-0.1, -0.05) is 61.3 Å². The van der Waals surface area contributed by atoms with Crippen molar-refractivity contribution < 1.29 is 18.0 Å². The number of carbonyl (C=O) groups is 2. The van der Waals surface area contributed by atoms with E-state index >= 15 is 0 Å². The maximum atomic E-state index is 13.6. The Bertz CT molecular complexity index is 1120. The lowest BCUT2D eigenvalue weighted by atomic mass is 10.1. The quantitative estimate of drug-likeness (QED) is 0.497. The molecule has 0 spiro atoms. The van der Waals surface area contributed by atoms with Crippen LogP contribution in [0.15, 0.2) is 42.5 Å². The van der Waals surface area contributed by atoms with Gasteiger partial charge >= 0.3 is 0 Å². The number of benzene rings is 2. The molecule has 2 amide bonds. The Morgan fingerprint density at radius 1 is 1.09 bits per heavy atom. The molecule has 0 fully saturated rings. The molecule has 0 bridgehead atoms. The molecular weight excluding hydrogens is 474 g/mol. The number of nitrogens with one attached hydrogen (secondary N) is 1. The Kier molecular flexibility index (Phi) is 9.94. The summed E-state index contributed by atoms with van der Waals surface area (Å²) in [6, 6.07) is 11.7. The number of halogens is 1. The summed E-state index contributed by atoms with van der Waals surface area (Å²) in [6.45, 7) is 7.63. The van der Waals surface area contributed by atoms with Crippen molar-refractivity contribution in [2.24, 2.45) is 0 Å². The molecule has 1 N–H and O–H groups in total. The Labute approximate surface area is 208 Å². The fourth-order valence-corrected chi connectivity index (χ4v) is 4.88. The topological polar surface area (TPSA) is 86.8 Å². The highest BCUT2D eigenvalue weighted by Gasteiger charge is 2.32. The van der Waals surface area contributed by atoms with Gasteiger partial charge in [0.15, 0.2) is 0 Å². The molecule has 0 aliphatic heterocycles. The van der Waals surface area contributed by atoms with E-state index in [1.165, 1.54) is 4.90 Å². The zero-order valence-corrected chi connectivity index (χ0v) is 22.0. The van der Waals surface area contributed by atoms with Gasteiger partial charge in [0.05, 0.1) is 11.9 Å². The zero-order valence-electron chi connectivity index (χ0n) is 20.5. The number of amides is 2. The molecule has 0 aromatic heterocycles. The van der Waals surface area contributed by atoms with Crippen LogP contribution in [-0.4, -0.2) is 50.5 Å². The van der Waals surface area contributed by atoms with Crippen LogP contribution in [0.5, 0.6) is 0 Å². The van der Waals surface area contributed by atoms with Gasteiger partial charge in [-0.15, -0.1) is 0 Å². The van der Waals surface area contributed by atoms with Gasteiger partial charge in [-0.3, -0.25) is 13.9 Å². The van der Waals surface area contributed by atoms with E-state index in [1.807, 2.05) is 26.8 Å². The minimum atomic E-state index is -3.77. The third-order valence-electron chi connectivity index (χ3n) is 5.53. The van der Waals surface area contributed by atoms with E-state index in [0.29, 0.717) is 29.2 Å². The average Bonchev–Trinajstić information content (AvgIpc) is 2.76. The summed E-state index contributed by atoms with van der Waals surface area (Å²) in [7, 11) is -3.77. The van der Waals surface area contributed by atoms with Crippen LogP contribution in [0.3, 0.4) is 0 Å². The van der Waals surface area contributed by atoms with Crippen molar-refractivity contribution in [2.75, 3.05) is 23.7 Å². The molecule has 186 valence electrons. The third-order valence-corrected chi connectivity index (χ3v) is 7.03. The minimum absolute atomic E-state index is 0.0844. The Morgan fingerprint density at radius 3 is 2.32 bits per heavy atom. The Morgan fingerprint density at radius 2 is 1.76 bits per heavy atom. The monoisotopic (exact) mass is 507 g/mol. The predicted octanol–water partition coefficient (Wildman–Crippen LogP) is 4.06. The van der Waals surface area contributed by atoms with E-state index in [2.05, 4.69) is 5.32 Å². The highest BCUT2D eigenvalue weighted by Crippen LogP contribution is 2.25. The first kappa shape index (κ1) is 27.7. The van der Waals surface area contributed by atoms with Crippen LogP contribution in [0.4, 0.5) is 5.69 Å². The largest absolute Gasteiger partial charge is 0.354 e. The van der Waals surface area contributed by atoms with Crippen molar-refractivity contribution in [3.8, 4) is 0 Å². The normalized spacial score (nSPS) is 12.2. The molecule has 0 radical (unpaired) electrons. The minimum Gasteiger partial charge on any atom is -0.354 e. The first-order chi connectivity index (χ1) is 16.0. The molecular formula is C25H34ClN3O4S. The summed E-state index contributed by atoms with van der Waals surface area (Å²) in [6.07, 6.45) is 2.20. The SMILES string of the molecule is CCCNC(=O)[C@@H](CC)N(Cc1ccccc1Cl)C(=O)CN(c1ccc(C)cc1C)S(C)(=O)=O. The second kappa shape index (κ2) is 12.2. The number of hydrogen-bond donors (Lipinski definition) is 1.